The summed E-state index contributed by atoms with van der Waals surface area (Å²) in [6.45, 7) is 5.37. The van der Waals surface area contributed by atoms with Crippen LogP contribution in [0.3, 0.4) is 0 Å². The summed E-state index contributed by atoms with van der Waals surface area (Å²) in [5, 5.41) is 3.70. The van der Waals surface area contributed by atoms with Crippen molar-refractivity contribution >= 4 is 5.91 Å². The third kappa shape index (κ3) is 3.09. The molecule has 6 nitrogen and oxygen atoms in total. The molecular weight excluding hydrogens is 246 g/mol. The van der Waals surface area contributed by atoms with Crippen molar-refractivity contribution in [2.24, 2.45) is 0 Å². The lowest BCUT2D eigenvalue weighted by molar-refractivity contribution is -0.116. The Bertz CT molecular complexity index is 670. The van der Waals surface area contributed by atoms with Crippen LogP contribution in [0.1, 0.15) is 22.7 Å². The molecule has 19 heavy (non-hydrogen) atoms. The van der Waals surface area contributed by atoms with Gasteiger partial charge in [-0.1, -0.05) is 5.16 Å². The maximum atomic E-state index is 11.8. The molecule has 0 aliphatic rings. The number of carbonyl (C=O) groups excluding carboxylic acids is 1. The number of amides is 1. The highest BCUT2D eigenvalue weighted by molar-refractivity contribution is 5.85. The summed E-state index contributed by atoms with van der Waals surface area (Å²) in [6, 6.07) is 4.97. The van der Waals surface area contributed by atoms with E-state index >= 15 is 0 Å². The molecule has 0 saturated heterocycles. The number of aryl methyl sites for hydroxylation is 3. The van der Waals surface area contributed by atoms with E-state index in [1.165, 1.54) is 10.7 Å². The highest BCUT2D eigenvalue weighted by atomic mass is 16.5. The molecule has 0 aliphatic carbocycles. The van der Waals surface area contributed by atoms with Gasteiger partial charge in [-0.2, -0.15) is 0 Å². The zero-order chi connectivity index (χ0) is 14.0. The van der Waals surface area contributed by atoms with E-state index in [1.807, 2.05) is 13.0 Å². The molecule has 1 N–H and O–H groups in total. The fourth-order valence-corrected chi connectivity index (χ4v) is 1.83. The average molecular weight is 261 g/mol. The van der Waals surface area contributed by atoms with Crippen LogP contribution in [0.2, 0.25) is 0 Å². The van der Waals surface area contributed by atoms with Crippen LogP contribution in [0.15, 0.2) is 27.5 Å². The first-order chi connectivity index (χ1) is 8.95. The Hall–Kier alpha value is -2.37. The first-order valence-corrected chi connectivity index (χ1v) is 5.88. The van der Waals surface area contributed by atoms with Crippen LogP contribution in [0.5, 0.6) is 0 Å². The minimum Gasteiger partial charge on any atom is -0.361 e. The van der Waals surface area contributed by atoms with Crippen molar-refractivity contribution in [3.63, 3.8) is 0 Å². The summed E-state index contributed by atoms with van der Waals surface area (Å²) in [4.78, 5) is 23.6. The van der Waals surface area contributed by atoms with Crippen molar-refractivity contribution in [1.82, 2.24) is 9.83 Å². The number of hydrogen-bond donors (Lipinski definition) is 1. The highest BCUT2D eigenvalue weighted by Gasteiger charge is 2.10. The second-order valence-corrected chi connectivity index (χ2v) is 4.49. The molecule has 0 aliphatic heterocycles. The van der Waals surface area contributed by atoms with Crippen molar-refractivity contribution in [2.75, 3.05) is 5.43 Å². The highest BCUT2D eigenvalue weighted by Crippen LogP contribution is 2.03. The van der Waals surface area contributed by atoms with E-state index in [-0.39, 0.29) is 17.9 Å². The monoisotopic (exact) mass is 261 g/mol. The minimum atomic E-state index is -0.329. The largest absolute Gasteiger partial charge is 0.361 e. The lowest BCUT2D eigenvalue weighted by Gasteiger charge is -2.11. The van der Waals surface area contributed by atoms with Crippen LogP contribution in [-0.2, 0) is 11.2 Å². The van der Waals surface area contributed by atoms with Crippen molar-refractivity contribution < 1.29 is 9.32 Å². The summed E-state index contributed by atoms with van der Waals surface area (Å²) in [5.74, 6) is 0.137. The van der Waals surface area contributed by atoms with Gasteiger partial charge in [0.15, 0.2) is 0 Å². The van der Waals surface area contributed by atoms with Gasteiger partial charge >= 0.3 is 0 Å². The van der Waals surface area contributed by atoms with E-state index < -0.39 is 0 Å². The Morgan fingerprint density at radius 1 is 1.32 bits per heavy atom. The fraction of sp³-hybridized carbons (Fsp3) is 0.308. The van der Waals surface area contributed by atoms with Gasteiger partial charge in [0.05, 0.1) is 12.1 Å². The van der Waals surface area contributed by atoms with Gasteiger partial charge in [-0.05, 0) is 32.4 Å². The molecule has 0 bridgehead atoms. The summed E-state index contributed by atoms with van der Waals surface area (Å²) in [6.07, 6.45) is 0.0423. The standard InChI is InChI=1S/C13H15N3O3/c1-8-4-10(3)16(13(18)5-8)14-12(17)7-11-6-9(2)15-19-11/h4-6H,7H2,1-3H3,(H,14,17). The van der Waals surface area contributed by atoms with Gasteiger partial charge in [0, 0.05) is 17.8 Å². The molecule has 0 saturated carbocycles. The summed E-state index contributed by atoms with van der Waals surface area (Å²) < 4.78 is 6.17. The molecule has 2 heterocycles. The van der Waals surface area contributed by atoms with Gasteiger partial charge in [0.25, 0.3) is 5.56 Å². The van der Waals surface area contributed by atoms with E-state index in [0.717, 1.165) is 5.56 Å². The lowest BCUT2D eigenvalue weighted by Crippen LogP contribution is -2.35. The third-order valence-corrected chi connectivity index (χ3v) is 2.61. The maximum absolute atomic E-state index is 11.8. The summed E-state index contributed by atoms with van der Waals surface area (Å²) >= 11 is 0. The maximum Gasteiger partial charge on any atom is 0.269 e. The van der Waals surface area contributed by atoms with Crippen LogP contribution < -0.4 is 11.0 Å². The van der Waals surface area contributed by atoms with Gasteiger partial charge in [0.1, 0.15) is 5.76 Å². The molecule has 0 atom stereocenters. The van der Waals surface area contributed by atoms with Crippen molar-refractivity contribution in [1.29, 1.82) is 0 Å². The molecule has 2 aromatic rings. The summed E-state index contributed by atoms with van der Waals surface area (Å²) in [7, 11) is 0. The number of nitrogens with zero attached hydrogens (tertiary/aromatic N) is 2. The van der Waals surface area contributed by atoms with Gasteiger partial charge in [-0.25, -0.2) is 4.68 Å². The number of aromatic nitrogens is 2. The number of carbonyl (C=O) groups is 1. The van der Waals surface area contributed by atoms with Crippen LogP contribution in [-0.4, -0.2) is 15.7 Å². The van der Waals surface area contributed by atoms with E-state index in [0.29, 0.717) is 17.1 Å². The fourth-order valence-electron chi connectivity index (χ4n) is 1.83. The average Bonchev–Trinajstić information content (AvgIpc) is 2.69. The zero-order valence-electron chi connectivity index (χ0n) is 11.1. The van der Waals surface area contributed by atoms with Crippen LogP contribution in [0.4, 0.5) is 0 Å². The van der Waals surface area contributed by atoms with Crippen LogP contribution in [0.25, 0.3) is 0 Å². The molecule has 6 heteroatoms. The zero-order valence-corrected chi connectivity index (χ0v) is 11.1. The van der Waals surface area contributed by atoms with Gasteiger partial charge in [-0.15, -0.1) is 0 Å². The Morgan fingerprint density at radius 2 is 2.05 bits per heavy atom. The van der Waals surface area contributed by atoms with Crippen molar-refractivity contribution in [3.8, 4) is 0 Å². The quantitative estimate of drug-likeness (QED) is 0.896. The Morgan fingerprint density at radius 3 is 2.63 bits per heavy atom. The van der Waals surface area contributed by atoms with E-state index in [9.17, 15) is 9.59 Å². The van der Waals surface area contributed by atoms with Gasteiger partial charge < -0.3 is 4.52 Å². The minimum absolute atomic E-state index is 0.0423. The number of nitrogens with one attached hydrogen (secondary N) is 1. The smallest absolute Gasteiger partial charge is 0.269 e. The molecule has 0 aromatic carbocycles. The Balaban J connectivity index is 2.13. The normalized spacial score (nSPS) is 10.5. The Labute approximate surface area is 110 Å². The molecule has 0 spiro atoms. The molecule has 0 unspecified atom stereocenters. The molecule has 100 valence electrons. The van der Waals surface area contributed by atoms with E-state index in [1.54, 1.807) is 19.9 Å². The topological polar surface area (TPSA) is 77.1 Å². The van der Waals surface area contributed by atoms with Crippen molar-refractivity contribution in [2.45, 2.75) is 27.2 Å². The SMILES string of the molecule is Cc1cc(C)n(NC(=O)Cc2cc(C)no2)c(=O)c1. The van der Waals surface area contributed by atoms with Gasteiger partial charge in [0.2, 0.25) is 5.91 Å². The summed E-state index contributed by atoms with van der Waals surface area (Å²) in [5.41, 5.74) is 4.52. The third-order valence-electron chi connectivity index (χ3n) is 2.61. The van der Waals surface area contributed by atoms with Crippen molar-refractivity contribution in [3.05, 3.63) is 51.3 Å². The van der Waals surface area contributed by atoms with Crippen LogP contribution in [0, 0.1) is 20.8 Å². The van der Waals surface area contributed by atoms with E-state index in [2.05, 4.69) is 10.6 Å². The number of pyridine rings is 1. The second-order valence-electron chi connectivity index (χ2n) is 4.49. The molecular formula is C13H15N3O3. The van der Waals surface area contributed by atoms with E-state index in [4.69, 9.17) is 4.52 Å². The number of hydrogen-bond acceptors (Lipinski definition) is 4. The molecule has 2 rings (SSSR count). The predicted molar refractivity (Wildman–Crippen MR) is 69.5 cm³/mol. The van der Waals surface area contributed by atoms with Crippen LogP contribution >= 0.6 is 0 Å². The second kappa shape index (κ2) is 5.09. The predicted octanol–water partition coefficient (Wildman–Crippen LogP) is 1.07. The first kappa shape index (κ1) is 13.1. The molecule has 2 aromatic heterocycles. The lowest BCUT2D eigenvalue weighted by atomic mass is 10.2. The molecule has 1 amide bonds. The Kier molecular flexibility index (Phi) is 3.50. The molecule has 0 radical (unpaired) electrons. The first-order valence-electron chi connectivity index (χ1n) is 5.88. The van der Waals surface area contributed by atoms with Gasteiger partial charge in [-0.3, -0.25) is 15.0 Å². The molecule has 0 fully saturated rings. The number of rotatable bonds is 3.